The molecule has 2 saturated heterocycles. The van der Waals surface area contributed by atoms with Crippen molar-refractivity contribution in [2.24, 2.45) is 17.3 Å². The van der Waals surface area contributed by atoms with E-state index in [1.165, 1.54) is 37.2 Å². The van der Waals surface area contributed by atoms with Gasteiger partial charge in [-0.05, 0) is 55.7 Å². The number of hydrogen-bond donors (Lipinski definition) is 1. The normalized spacial score (nSPS) is 34.4. The highest BCUT2D eigenvalue weighted by atomic mass is 32.2. The first kappa shape index (κ1) is 16.6. The Bertz CT molecular complexity index is 307. The van der Waals surface area contributed by atoms with E-state index in [0.717, 1.165) is 18.4 Å². The molecule has 2 nitrogen and oxygen atoms in total. The quantitative estimate of drug-likeness (QED) is 0.849. The minimum Gasteiger partial charge on any atom is -0.374 e. The number of nitrogens with one attached hydrogen (secondary N) is 1. The zero-order valence-corrected chi connectivity index (χ0v) is 14.8. The predicted molar refractivity (Wildman–Crippen MR) is 89.4 cm³/mol. The third kappa shape index (κ3) is 3.92. The van der Waals surface area contributed by atoms with Crippen LogP contribution < -0.4 is 5.32 Å². The summed E-state index contributed by atoms with van der Waals surface area (Å²) in [7, 11) is 2.14. The van der Waals surface area contributed by atoms with Gasteiger partial charge in [0.2, 0.25) is 0 Å². The van der Waals surface area contributed by atoms with Gasteiger partial charge in [0.1, 0.15) is 0 Å². The van der Waals surface area contributed by atoms with E-state index in [0.29, 0.717) is 11.5 Å². The first-order valence-corrected chi connectivity index (χ1v) is 9.41. The third-order valence-electron chi connectivity index (χ3n) is 5.62. The van der Waals surface area contributed by atoms with Crippen LogP contribution in [0.3, 0.4) is 0 Å². The van der Waals surface area contributed by atoms with Crippen LogP contribution in [-0.2, 0) is 4.74 Å². The summed E-state index contributed by atoms with van der Waals surface area (Å²) in [5.74, 6) is 4.04. The molecule has 3 heteroatoms. The van der Waals surface area contributed by atoms with Crippen LogP contribution in [0.1, 0.15) is 53.4 Å². The molecule has 1 N–H and O–H groups in total. The van der Waals surface area contributed by atoms with Crippen molar-refractivity contribution >= 4 is 11.8 Å². The van der Waals surface area contributed by atoms with E-state index < -0.39 is 0 Å². The fourth-order valence-electron chi connectivity index (χ4n) is 3.55. The Morgan fingerprint density at radius 1 is 1.40 bits per heavy atom. The lowest BCUT2D eigenvalue weighted by Crippen LogP contribution is -2.47. The highest BCUT2D eigenvalue weighted by molar-refractivity contribution is 7.99. The smallest absolute Gasteiger partial charge is 0.0783 e. The largest absolute Gasteiger partial charge is 0.374 e. The molecular weight excluding hydrogens is 266 g/mol. The summed E-state index contributed by atoms with van der Waals surface area (Å²) >= 11 is 2.07. The van der Waals surface area contributed by atoms with Crippen LogP contribution in [0.25, 0.3) is 0 Å². The SMILES string of the molecule is CNC(CC(C)C(C)(C)C)C1CCOC2(CCSC2)C1. The lowest BCUT2D eigenvalue weighted by atomic mass is 9.73. The molecule has 118 valence electrons. The highest BCUT2D eigenvalue weighted by Gasteiger charge is 2.42. The molecule has 0 amide bonds. The van der Waals surface area contributed by atoms with Gasteiger partial charge in [-0.25, -0.2) is 0 Å². The van der Waals surface area contributed by atoms with Crippen LogP contribution in [0.15, 0.2) is 0 Å². The maximum absolute atomic E-state index is 6.17. The first-order chi connectivity index (χ1) is 9.36. The summed E-state index contributed by atoms with van der Waals surface area (Å²) in [6, 6.07) is 0.649. The Morgan fingerprint density at radius 2 is 2.15 bits per heavy atom. The lowest BCUT2D eigenvalue weighted by molar-refractivity contribution is -0.0863. The monoisotopic (exact) mass is 299 g/mol. The van der Waals surface area contributed by atoms with E-state index >= 15 is 0 Å². The highest BCUT2D eigenvalue weighted by Crippen LogP contribution is 2.42. The fourth-order valence-corrected chi connectivity index (χ4v) is 4.93. The molecule has 0 aromatic carbocycles. The molecule has 0 aromatic heterocycles. The van der Waals surface area contributed by atoms with Gasteiger partial charge < -0.3 is 10.1 Å². The molecule has 0 aromatic rings. The summed E-state index contributed by atoms with van der Waals surface area (Å²) in [6.07, 6.45) is 5.05. The van der Waals surface area contributed by atoms with Crippen molar-refractivity contribution in [2.75, 3.05) is 25.2 Å². The molecular formula is C17H33NOS. The molecule has 2 aliphatic rings. The molecule has 2 aliphatic heterocycles. The van der Waals surface area contributed by atoms with E-state index in [1.54, 1.807) is 0 Å². The molecule has 1 spiro atoms. The predicted octanol–water partition coefficient (Wildman–Crippen LogP) is 3.95. The second kappa shape index (κ2) is 6.58. The van der Waals surface area contributed by atoms with Crippen molar-refractivity contribution in [3.05, 3.63) is 0 Å². The maximum Gasteiger partial charge on any atom is 0.0783 e. The molecule has 2 rings (SSSR count). The zero-order chi connectivity index (χ0) is 14.8. The molecule has 2 fully saturated rings. The van der Waals surface area contributed by atoms with Crippen molar-refractivity contribution in [3.8, 4) is 0 Å². The number of thioether (sulfide) groups is 1. The maximum atomic E-state index is 6.17. The molecule has 0 bridgehead atoms. The summed E-state index contributed by atoms with van der Waals surface area (Å²) in [5.41, 5.74) is 0.620. The summed E-state index contributed by atoms with van der Waals surface area (Å²) in [6.45, 7) is 10.5. The van der Waals surface area contributed by atoms with Crippen LogP contribution in [0.4, 0.5) is 0 Å². The van der Waals surface area contributed by atoms with Crippen molar-refractivity contribution < 1.29 is 4.74 Å². The van der Waals surface area contributed by atoms with Crippen LogP contribution in [-0.4, -0.2) is 36.8 Å². The first-order valence-electron chi connectivity index (χ1n) is 8.25. The van der Waals surface area contributed by atoms with Gasteiger partial charge >= 0.3 is 0 Å². The van der Waals surface area contributed by atoms with Crippen molar-refractivity contribution in [1.82, 2.24) is 5.32 Å². The van der Waals surface area contributed by atoms with Crippen molar-refractivity contribution in [1.29, 1.82) is 0 Å². The van der Waals surface area contributed by atoms with Gasteiger partial charge in [0.05, 0.1) is 5.60 Å². The zero-order valence-electron chi connectivity index (χ0n) is 14.0. The topological polar surface area (TPSA) is 21.3 Å². The van der Waals surface area contributed by atoms with Gasteiger partial charge in [-0.15, -0.1) is 0 Å². The number of rotatable bonds is 4. The van der Waals surface area contributed by atoms with Crippen LogP contribution in [0.2, 0.25) is 0 Å². The minimum atomic E-state index is 0.216. The Hall–Kier alpha value is 0.270. The molecule has 20 heavy (non-hydrogen) atoms. The fraction of sp³-hybridized carbons (Fsp3) is 1.00. The second-order valence-corrected chi connectivity index (χ2v) is 9.09. The molecule has 2 heterocycles. The van der Waals surface area contributed by atoms with Crippen LogP contribution in [0.5, 0.6) is 0 Å². The van der Waals surface area contributed by atoms with E-state index in [2.05, 4.69) is 51.8 Å². The Balaban J connectivity index is 1.96. The standard InChI is InChI=1S/C17H33NOS/c1-13(16(2,3)4)10-15(18-5)14-6-8-19-17(11-14)7-9-20-12-17/h13-15,18H,6-12H2,1-5H3. The summed E-state index contributed by atoms with van der Waals surface area (Å²) < 4.78 is 6.17. The van der Waals surface area contributed by atoms with Gasteiger partial charge in [-0.3, -0.25) is 0 Å². The van der Waals surface area contributed by atoms with E-state index in [1.807, 2.05) is 0 Å². The van der Waals surface area contributed by atoms with Gasteiger partial charge in [-0.2, -0.15) is 11.8 Å². The Labute approximate surface area is 129 Å². The Kier molecular flexibility index (Phi) is 5.47. The second-order valence-electron chi connectivity index (χ2n) is 7.98. The summed E-state index contributed by atoms with van der Waals surface area (Å²) in [4.78, 5) is 0. The third-order valence-corrected chi connectivity index (χ3v) is 6.85. The van der Waals surface area contributed by atoms with Gasteiger partial charge in [0.25, 0.3) is 0 Å². The lowest BCUT2D eigenvalue weighted by Gasteiger charge is -2.42. The number of hydrogen-bond acceptors (Lipinski definition) is 3. The number of ether oxygens (including phenoxy) is 1. The molecule has 0 radical (unpaired) electrons. The van der Waals surface area contributed by atoms with Crippen LogP contribution in [0, 0.1) is 17.3 Å². The van der Waals surface area contributed by atoms with E-state index in [-0.39, 0.29) is 5.60 Å². The molecule has 4 atom stereocenters. The van der Waals surface area contributed by atoms with E-state index in [4.69, 9.17) is 4.74 Å². The average Bonchev–Trinajstić information content (AvgIpc) is 2.82. The summed E-state index contributed by atoms with van der Waals surface area (Å²) in [5, 5.41) is 3.62. The van der Waals surface area contributed by atoms with E-state index in [9.17, 15) is 0 Å². The van der Waals surface area contributed by atoms with Crippen LogP contribution >= 0.6 is 11.8 Å². The van der Waals surface area contributed by atoms with Gasteiger partial charge in [0.15, 0.2) is 0 Å². The Morgan fingerprint density at radius 3 is 2.70 bits per heavy atom. The van der Waals surface area contributed by atoms with Gasteiger partial charge in [0, 0.05) is 18.4 Å². The van der Waals surface area contributed by atoms with Crippen molar-refractivity contribution in [2.45, 2.75) is 65.0 Å². The molecule has 4 unspecified atom stereocenters. The van der Waals surface area contributed by atoms with Crippen molar-refractivity contribution in [3.63, 3.8) is 0 Å². The molecule has 0 saturated carbocycles. The minimum absolute atomic E-state index is 0.216. The van der Waals surface area contributed by atoms with Gasteiger partial charge in [-0.1, -0.05) is 27.7 Å². The molecule has 0 aliphatic carbocycles. The average molecular weight is 300 g/mol.